The molecule has 0 spiro atoms. The molecule has 0 aromatic carbocycles. The fraction of sp³-hybridized carbons (Fsp3) is 1.00. The minimum absolute atomic E-state index is 1.00. The molecular weight excluding hydrogens is 98.1 g/mol. The molecule has 2 atom stereocenters. The zero-order chi connectivity index (χ0) is 5.56. The highest BCUT2D eigenvalue weighted by molar-refractivity contribution is 4.96. The number of likely N-dealkylation sites (tertiary alicyclic amines) is 1. The van der Waals surface area contributed by atoms with Crippen LogP contribution in [0, 0.1) is 5.92 Å². The van der Waals surface area contributed by atoms with Crippen molar-refractivity contribution in [1.82, 2.24) is 4.90 Å². The molecule has 1 aliphatic heterocycles. The lowest BCUT2D eigenvalue weighted by Gasteiger charge is -2.20. The van der Waals surface area contributed by atoms with Crippen molar-refractivity contribution in [3.8, 4) is 0 Å². The van der Waals surface area contributed by atoms with Crippen LogP contribution in [0.4, 0.5) is 0 Å². The summed E-state index contributed by atoms with van der Waals surface area (Å²) in [5.41, 5.74) is 0. The summed E-state index contributed by atoms with van der Waals surface area (Å²) in [6.45, 7) is 1.35. The van der Waals surface area contributed by atoms with Crippen LogP contribution in [0.3, 0.4) is 0 Å². The summed E-state index contributed by atoms with van der Waals surface area (Å²) in [6, 6.07) is 1.00. The Kier molecular flexibility index (Phi) is 0.884. The van der Waals surface area contributed by atoms with E-state index in [2.05, 4.69) is 11.9 Å². The summed E-state index contributed by atoms with van der Waals surface area (Å²) in [4.78, 5) is 2.51. The molecule has 2 rings (SSSR count). The quantitative estimate of drug-likeness (QED) is 0.452. The first-order valence-corrected chi connectivity index (χ1v) is 3.58. The molecule has 0 amide bonds. The smallest absolute Gasteiger partial charge is 0.0124 e. The van der Waals surface area contributed by atoms with Crippen LogP contribution >= 0.6 is 0 Å². The van der Waals surface area contributed by atoms with Gasteiger partial charge >= 0.3 is 0 Å². The monoisotopic (exact) mass is 111 g/mol. The summed E-state index contributed by atoms with van der Waals surface area (Å²) in [5, 5.41) is 0. The van der Waals surface area contributed by atoms with E-state index in [1.165, 1.54) is 25.8 Å². The molecule has 0 bridgehead atoms. The van der Waals surface area contributed by atoms with Crippen molar-refractivity contribution >= 4 is 0 Å². The molecule has 2 fully saturated rings. The molecule has 1 heteroatoms. The Morgan fingerprint density at radius 2 is 2.38 bits per heavy atom. The van der Waals surface area contributed by atoms with Gasteiger partial charge in [0.05, 0.1) is 0 Å². The van der Waals surface area contributed by atoms with Gasteiger partial charge in [-0.3, -0.25) is 0 Å². The predicted molar refractivity (Wildman–Crippen MR) is 33.8 cm³/mol. The zero-order valence-corrected chi connectivity index (χ0v) is 5.43. The number of rotatable bonds is 0. The van der Waals surface area contributed by atoms with E-state index in [-0.39, 0.29) is 0 Å². The molecule has 1 heterocycles. The maximum absolute atomic E-state index is 2.51. The van der Waals surface area contributed by atoms with E-state index in [0.29, 0.717) is 0 Å². The topological polar surface area (TPSA) is 3.24 Å². The van der Waals surface area contributed by atoms with Gasteiger partial charge in [-0.25, -0.2) is 0 Å². The third-order valence-electron chi connectivity index (χ3n) is 2.54. The number of piperidine rings is 1. The van der Waals surface area contributed by atoms with E-state index < -0.39 is 0 Å². The maximum atomic E-state index is 2.51. The van der Waals surface area contributed by atoms with Crippen LogP contribution in [0.2, 0.25) is 0 Å². The van der Waals surface area contributed by atoms with Gasteiger partial charge in [-0.15, -0.1) is 0 Å². The second-order valence-corrected chi connectivity index (χ2v) is 3.19. The third-order valence-corrected chi connectivity index (χ3v) is 2.54. The van der Waals surface area contributed by atoms with Crippen molar-refractivity contribution in [2.24, 2.45) is 5.92 Å². The SMILES string of the molecule is CN1CCC[C@@H]2CC21. The molecule has 46 valence electrons. The Morgan fingerprint density at radius 3 is 3.00 bits per heavy atom. The lowest BCUT2D eigenvalue weighted by Crippen LogP contribution is -2.26. The van der Waals surface area contributed by atoms with E-state index in [0.717, 1.165) is 12.0 Å². The van der Waals surface area contributed by atoms with E-state index in [1.807, 2.05) is 0 Å². The van der Waals surface area contributed by atoms with Gasteiger partial charge in [-0.1, -0.05) is 0 Å². The van der Waals surface area contributed by atoms with Gasteiger partial charge in [0.2, 0.25) is 0 Å². The lowest BCUT2D eigenvalue weighted by atomic mass is 10.1. The number of nitrogens with zero attached hydrogens (tertiary/aromatic N) is 1. The minimum Gasteiger partial charge on any atom is -0.303 e. The van der Waals surface area contributed by atoms with Gasteiger partial charge in [0.25, 0.3) is 0 Å². The number of fused-ring (bicyclic) bond motifs is 1. The molecule has 1 aliphatic carbocycles. The molecule has 1 saturated heterocycles. The largest absolute Gasteiger partial charge is 0.303 e. The van der Waals surface area contributed by atoms with Crippen LogP contribution in [0.5, 0.6) is 0 Å². The van der Waals surface area contributed by atoms with E-state index in [1.54, 1.807) is 0 Å². The Morgan fingerprint density at radius 1 is 1.50 bits per heavy atom. The first-order chi connectivity index (χ1) is 3.88. The van der Waals surface area contributed by atoms with Crippen molar-refractivity contribution in [3.05, 3.63) is 0 Å². The standard InChI is InChI=1S/C7H13N/c1-8-4-2-3-6-5-7(6)8/h6-7H,2-5H2,1H3/t6-,7?/m1/s1. The van der Waals surface area contributed by atoms with E-state index >= 15 is 0 Å². The van der Waals surface area contributed by atoms with Crippen molar-refractivity contribution in [2.75, 3.05) is 13.6 Å². The van der Waals surface area contributed by atoms with Crippen molar-refractivity contribution in [3.63, 3.8) is 0 Å². The third kappa shape index (κ3) is 0.576. The molecule has 0 aromatic rings. The average Bonchev–Trinajstić information content (AvgIpc) is 2.45. The Labute approximate surface area is 50.7 Å². The van der Waals surface area contributed by atoms with E-state index in [9.17, 15) is 0 Å². The Hall–Kier alpha value is -0.0400. The molecule has 0 aromatic heterocycles. The van der Waals surface area contributed by atoms with Crippen molar-refractivity contribution in [1.29, 1.82) is 0 Å². The molecular formula is C7H13N. The first-order valence-electron chi connectivity index (χ1n) is 3.58. The highest BCUT2D eigenvalue weighted by atomic mass is 15.2. The maximum Gasteiger partial charge on any atom is 0.0124 e. The highest BCUT2D eigenvalue weighted by Crippen LogP contribution is 2.41. The first kappa shape index (κ1) is 4.80. The fourth-order valence-corrected chi connectivity index (χ4v) is 1.85. The number of hydrogen-bond acceptors (Lipinski definition) is 1. The number of hydrogen-bond donors (Lipinski definition) is 0. The Bertz CT molecular complexity index is 101. The average molecular weight is 111 g/mol. The predicted octanol–water partition coefficient (Wildman–Crippen LogP) is 1.10. The van der Waals surface area contributed by atoms with Crippen molar-refractivity contribution < 1.29 is 0 Å². The molecule has 1 unspecified atom stereocenters. The summed E-state index contributed by atoms with van der Waals surface area (Å²) in [5.74, 6) is 1.11. The van der Waals surface area contributed by atoms with Crippen LogP contribution in [0.25, 0.3) is 0 Å². The highest BCUT2D eigenvalue weighted by Gasteiger charge is 2.41. The molecule has 2 aliphatic rings. The van der Waals surface area contributed by atoms with Crippen molar-refractivity contribution in [2.45, 2.75) is 25.3 Å². The van der Waals surface area contributed by atoms with Gasteiger partial charge in [0.1, 0.15) is 0 Å². The molecule has 0 radical (unpaired) electrons. The van der Waals surface area contributed by atoms with Gasteiger partial charge in [-0.05, 0) is 38.8 Å². The normalized spacial score (nSPS) is 46.1. The van der Waals surface area contributed by atoms with Gasteiger partial charge < -0.3 is 4.90 Å². The van der Waals surface area contributed by atoms with Gasteiger partial charge in [0.15, 0.2) is 0 Å². The Balaban J connectivity index is 1.99. The zero-order valence-electron chi connectivity index (χ0n) is 5.43. The second kappa shape index (κ2) is 1.47. The summed E-state index contributed by atoms with van der Waals surface area (Å²) >= 11 is 0. The summed E-state index contributed by atoms with van der Waals surface area (Å²) in [7, 11) is 2.25. The summed E-state index contributed by atoms with van der Waals surface area (Å²) < 4.78 is 0. The minimum atomic E-state index is 1.00. The summed E-state index contributed by atoms with van der Waals surface area (Å²) in [6.07, 6.45) is 4.45. The van der Waals surface area contributed by atoms with Gasteiger partial charge in [0, 0.05) is 6.04 Å². The molecule has 0 N–H and O–H groups in total. The van der Waals surface area contributed by atoms with Crippen LogP contribution in [-0.4, -0.2) is 24.5 Å². The van der Waals surface area contributed by atoms with E-state index in [4.69, 9.17) is 0 Å². The lowest BCUT2D eigenvalue weighted by molar-refractivity contribution is 0.263. The molecule has 1 saturated carbocycles. The second-order valence-electron chi connectivity index (χ2n) is 3.19. The molecule has 1 nitrogen and oxygen atoms in total. The van der Waals surface area contributed by atoms with Crippen LogP contribution in [0.1, 0.15) is 19.3 Å². The van der Waals surface area contributed by atoms with Crippen LogP contribution in [0.15, 0.2) is 0 Å². The molecule has 8 heavy (non-hydrogen) atoms. The van der Waals surface area contributed by atoms with Crippen LogP contribution in [-0.2, 0) is 0 Å². The van der Waals surface area contributed by atoms with Crippen LogP contribution < -0.4 is 0 Å². The fourth-order valence-electron chi connectivity index (χ4n) is 1.85. The van der Waals surface area contributed by atoms with Gasteiger partial charge in [-0.2, -0.15) is 0 Å².